The molecule has 3 N–H and O–H groups in total. The Morgan fingerprint density at radius 3 is 2.57 bits per heavy atom. The third-order valence-electron chi connectivity index (χ3n) is 6.11. The smallest absolute Gasteiger partial charge is 0.240 e. The number of aromatic amines is 2. The quantitative estimate of drug-likeness (QED) is 0.270. The van der Waals surface area contributed by atoms with Crippen molar-refractivity contribution in [1.82, 2.24) is 25.1 Å². The van der Waals surface area contributed by atoms with Crippen molar-refractivity contribution >= 4 is 29.0 Å². The number of fused-ring (bicyclic) bond motifs is 1. The molecule has 7 nitrogen and oxygen atoms in total. The number of rotatable bonds is 8. The minimum Gasteiger partial charge on any atom is -0.497 e. The Balaban J connectivity index is 1.37. The van der Waals surface area contributed by atoms with Gasteiger partial charge < -0.3 is 15.0 Å². The SMILES string of the molecule is COc1ccc(-c2n[nH]c(=S)n2CC(=O)NCC(c2ccccc2)c2c[nH]c3ccccc23)cc1. The normalized spacial score (nSPS) is 11.9. The highest BCUT2D eigenvalue weighted by atomic mass is 32.1. The number of carbonyl (C=O) groups is 1. The van der Waals surface area contributed by atoms with Gasteiger partial charge in [-0.25, -0.2) is 0 Å². The van der Waals surface area contributed by atoms with Crippen LogP contribution in [0.2, 0.25) is 0 Å². The molecule has 0 aliphatic heterocycles. The fraction of sp³-hybridized carbons (Fsp3) is 0.148. The number of hydrogen-bond donors (Lipinski definition) is 3. The molecule has 1 unspecified atom stereocenters. The first-order valence-electron chi connectivity index (χ1n) is 11.3. The summed E-state index contributed by atoms with van der Waals surface area (Å²) in [5, 5.41) is 11.4. The molecule has 2 aromatic heterocycles. The number of H-pyrrole nitrogens is 2. The van der Waals surface area contributed by atoms with E-state index >= 15 is 0 Å². The van der Waals surface area contributed by atoms with E-state index in [4.69, 9.17) is 17.0 Å². The summed E-state index contributed by atoms with van der Waals surface area (Å²) in [6.45, 7) is 0.514. The molecule has 0 aliphatic rings. The predicted molar refractivity (Wildman–Crippen MR) is 139 cm³/mol. The zero-order valence-corrected chi connectivity index (χ0v) is 20.0. The van der Waals surface area contributed by atoms with Gasteiger partial charge in [-0.1, -0.05) is 48.5 Å². The molecule has 5 rings (SSSR count). The molecule has 2 heterocycles. The average Bonchev–Trinajstić information content (AvgIpc) is 3.49. The van der Waals surface area contributed by atoms with Gasteiger partial charge in [-0.3, -0.25) is 14.5 Å². The fourth-order valence-corrected chi connectivity index (χ4v) is 4.51. The maximum absolute atomic E-state index is 13.1. The Labute approximate surface area is 207 Å². The number of aromatic nitrogens is 4. The van der Waals surface area contributed by atoms with Crippen molar-refractivity contribution in [3.63, 3.8) is 0 Å². The Morgan fingerprint density at radius 1 is 1.06 bits per heavy atom. The Morgan fingerprint density at radius 2 is 1.80 bits per heavy atom. The van der Waals surface area contributed by atoms with Crippen molar-refractivity contribution in [2.75, 3.05) is 13.7 Å². The summed E-state index contributed by atoms with van der Waals surface area (Å²) >= 11 is 5.41. The molecular formula is C27H25N5O2S. The van der Waals surface area contributed by atoms with Crippen molar-refractivity contribution in [1.29, 1.82) is 0 Å². The van der Waals surface area contributed by atoms with Crippen LogP contribution in [-0.2, 0) is 11.3 Å². The highest BCUT2D eigenvalue weighted by molar-refractivity contribution is 7.71. The largest absolute Gasteiger partial charge is 0.497 e. The lowest BCUT2D eigenvalue weighted by Crippen LogP contribution is -2.32. The molecule has 3 aromatic carbocycles. The van der Waals surface area contributed by atoms with E-state index in [1.54, 1.807) is 11.7 Å². The van der Waals surface area contributed by atoms with Crippen LogP contribution in [0.5, 0.6) is 5.75 Å². The summed E-state index contributed by atoms with van der Waals surface area (Å²) in [7, 11) is 1.62. The molecule has 1 amide bonds. The number of amides is 1. The van der Waals surface area contributed by atoms with E-state index in [1.807, 2.05) is 60.8 Å². The van der Waals surface area contributed by atoms with E-state index in [1.165, 1.54) is 0 Å². The van der Waals surface area contributed by atoms with Gasteiger partial charge in [0, 0.05) is 35.1 Å². The molecule has 1 atom stereocenters. The van der Waals surface area contributed by atoms with Crippen LogP contribution in [-0.4, -0.2) is 39.3 Å². The molecule has 0 aliphatic carbocycles. The lowest BCUT2D eigenvalue weighted by atomic mass is 9.91. The van der Waals surface area contributed by atoms with Crippen molar-refractivity contribution in [2.45, 2.75) is 12.5 Å². The van der Waals surface area contributed by atoms with E-state index < -0.39 is 0 Å². The van der Waals surface area contributed by atoms with Gasteiger partial charge in [0.1, 0.15) is 12.3 Å². The topological polar surface area (TPSA) is 87.7 Å². The number of benzene rings is 3. The second-order valence-electron chi connectivity index (χ2n) is 8.22. The third kappa shape index (κ3) is 4.74. The predicted octanol–water partition coefficient (Wildman–Crippen LogP) is 5.05. The van der Waals surface area contributed by atoms with E-state index in [0.717, 1.165) is 33.3 Å². The van der Waals surface area contributed by atoms with Crippen LogP contribution in [0.25, 0.3) is 22.3 Å². The van der Waals surface area contributed by atoms with Gasteiger partial charge >= 0.3 is 0 Å². The monoisotopic (exact) mass is 483 g/mol. The number of carbonyl (C=O) groups excluding carboxylic acids is 1. The van der Waals surface area contributed by atoms with E-state index in [0.29, 0.717) is 17.1 Å². The summed E-state index contributed by atoms with van der Waals surface area (Å²) in [5.74, 6) is 1.20. The highest BCUT2D eigenvalue weighted by Crippen LogP contribution is 2.30. The summed E-state index contributed by atoms with van der Waals surface area (Å²) in [5.41, 5.74) is 4.19. The maximum Gasteiger partial charge on any atom is 0.240 e. The number of hydrogen-bond acceptors (Lipinski definition) is 4. The molecule has 0 saturated carbocycles. The molecule has 35 heavy (non-hydrogen) atoms. The molecular weight excluding hydrogens is 458 g/mol. The second kappa shape index (κ2) is 9.99. The van der Waals surface area contributed by atoms with Gasteiger partial charge in [-0.05, 0) is 53.7 Å². The van der Waals surface area contributed by atoms with Gasteiger partial charge in [0.05, 0.1) is 7.11 Å². The van der Waals surface area contributed by atoms with Crippen LogP contribution in [0, 0.1) is 4.77 Å². The Kier molecular flexibility index (Phi) is 6.45. The summed E-state index contributed by atoms with van der Waals surface area (Å²) in [6.07, 6.45) is 2.03. The van der Waals surface area contributed by atoms with Gasteiger partial charge in [0.15, 0.2) is 10.6 Å². The fourth-order valence-electron chi connectivity index (χ4n) is 4.32. The third-order valence-corrected chi connectivity index (χ3v) is 6.42. The standard InChI is InChI=1S/C27H25N5O2S/c1-34-20-13-11-19(12-14-20)26-30-31-27(35)32(26)17-25(33)29-15-22(18-7-3-2-4-8-18)23-16-28-24-10-6-5-9-21(23)24/h2-14,16,22,28H,15,17H2,1H3,(H,29,33)(H,31,35). The van der Waals surface area contributed by atoms with E-state index in [9.17, 15) is 4.79 Å². The molecule has 0 bridgehead atoms. The lowest BCUT2D eigenvalue weighted by molar-refractivity contribution is -0.121. The zero-order valence-electron chi connectivity index (χ0n) is 19.2. The Hall–Kier alpha value is -4.17. The van der Waals surface area contributed by atoms with Crippen LogP contribution in [0.15, 0.2) is 85.1 Å². The van der Waals surface area contributed by atoms with Crippen LogP contribution in [0.1, 0.15) is 17.0 Å². The lowest BCUT2D eigenvalue weighted by Gasteiger charge is -2.18. The first-order chi connectivity index (χ1) is 17.1. The molecule has 0 saturated heterocycles. The van der Waals surface area contributed by atoms with Gasteiger partial charge in [0.25, 0.3) is 0 Å². The maximum atomic E-state index is 13.1. The van der Waals surface area contributed by atoms with Crippen molar-refractivity contribution in [3.8, 4) is 17.1 Å². The van der Waals surface area contributed by atoms with Gasteiger partial charge in [-0.2, -0.15) is 5.10 Å². The summed E-state index contributed by atoms with van der Waals surface area (Å²) in [6, 6.07) is 25.9. The molecule has 0 fully saturated rings. The zero-order chi connectivity index (χ0) is 24.2. The van der Waals surface area contributed by atoms with Crippen LogP contribution >= 0.6 is 12.2 Å². The average molecular weight is 484 g/mol. The second-order valence-corrected chi connectivity index (χ2v) is 8.61. The summed E-state index contributed by atoms with van der Waals surface area (Å²) < 4.78 is 7.33. The summed E-state index contributed by atoms with van der Waals surface area (Å²) in [4.78, 5) is 16.4. The Bertz CT molecular complexity index is 1500. The molecule has 176 valence electrons. The number of para-hydroxylation sites is 1. The first kappa shape index (κ1) is 22.6. The molecule has 0 radical (unpaired) electrons. The minimum atomic E-state index is -0.141. The highest BCUT2D eigenvalue weighted by Gasteiger charge is 2.20. The van der Waals surface area contributed by atoms with Crippen LogP contribution < -0.4 is 10.1 Å². The number of nitrogens with one attached hydrogen (secondary N) is 3. The van der Waals surface area contributed by atoms with Crippen LogP contribution in [0.3, 0.4) is 0 Å². The van der Waals surface area contributed by atoms with Crippen molar-refractivity contribution < 1.29 is 9.53 Å². The van der Waals surface area contributed by atoms with Gasteiger partial charge in [0.2, 0.25) is 5.91 Å². The van der Waals surface area contributed by atoms with Crippen molar-refractivity contribution in [2.24, 2.45) is 0 Å². The molecule has 0 spiro atoms. The number of nitrogens with zero attached hydrogens (tertiary/aromatic N) is 2. The van der Waals surface area contributed by atoms with E-state index in [-0.39, 0.29) is 18.4 Å². The van der Waals surface area contributed by atoms with E-state index in [2.05, 4.69) is 44.8 Å². The number of ether oxygens (including phenoxy) is 1. The van der Waals surface area contributed by atoms with Gasteiger partial charge in [-0.15, -0.1) is 0 Å². The van der Waals surface area contributed by atoms with Crippen LogP contribution in [0.4, 0.5) is 0 Å². The minimum absolute atomic E-state index is 0.00493. The first-order valence-corrected chi connectivity index (χ1v) is 11.7. The number of methoxy groups -OCH3 is 1. The van der Waals surface area contributed by atoms with Crippen molar-refractivity contribution in [3.05, 3.63) is 101 Å². The molecule has 5 aromatic rings. The molecule has 8 heteroatoms.